The van der Waals surface area contributed by atoms with Gasteiger partial charge in [0.05, 0.1) is 11.9 Å². The molecule has 0 bridgehead atoms. The summed E-state index contributed by atoms with van der Waals surface area (Å²) in [6.07, 6.45) is 0.362. The minimum Gasteiger partial charge on any atom is -0.383 e. The van der Waals surface area contributed by atoms with Crippen LogP contribution in [-0.2, 0) is 9.63 Å². The van der Waals surface area contributed by atoms with Gasteiger partial charge in [-0.05, 0) is 31.5 Å². The maximum atomic E-state index is 13.5. The van der Waals surface area contributed by atoms with Gasteiger partial charge in [-0.1, -0.05) is 35.0 Å². The molecule has 1 amide bonds. The summed E-state index contributed by atoms with van der Waals surface area (Å²) in [6, 6.07) is 9.07. The highest BCUT2D eigenvalue weighted by Gasteiger charge is 2.19. The second kappa shape index (κ2) is 7.63. The van der Waals surface area contributed by atoms with Crippen molar-refractivity contribution in [3.05, 3.63) is 65.0 Å². The number of hydrogen-bond acceptors (Lipinski definition) is 3. The first-order chi connectivity index (χ1) is 11.4. The van der Waals surface area contributed by atoms with Gasteiger partial charge in [-0.3, -0.25) is 4.79 Å². The number of benzene rings is 2. The van der Waals surface area contributed by atoms with E-state index < -0.39 is 35.2 Å². The number of nitrogens with zero attached hydrogens (tertiary/aromatic N) is 1. The predicted molar refractivity (Wildman–Crippen MR) is 84.3 cm³/mol. The van der Waals surface area contributed by atoms with Gasteiger partial charge >= 0.3 is 0 Å². The highest BCUT2D eigenvalue weighted by molar-refractivity contribution is 5.94. The normalized spacial score (nSPS) is 12.2. The molecule has 0 saturated carbocycles. The van der Waals surface area contributed by atoms with Crippen molar-refractivity contribution in [3.8, 4) is 0 Å². The maximum absolute atomic E-state index is 13.5. The first-order valence-electron chi connectivity index (χ1n) is 7.08. The van der Waals surface area contributed by atoms with Crippen LogP contribution < -0.4 is 5.32 Å². The number of aryl methyl sites for hydroxylation is 1. The molecule has 2 rings (SSSR count). The van der Waals surface area contributed by atoms with Crippen molar-refractivity contribution >= 4 is 17.8 Å². The molecular weight excluding hydrogens is 321 g/mol. The Morgan fingerprint density at radius 3 is 2.46 bits per heavy atom. The van der Waals surface area contributed by atoms with Gasteiger partial charge in [-0.2, -0.15) is 0 Å². The maximum Gasteiger partial charge on any atom is 0.268 e. The average molecular weight is 336 g/mol. The molecular formula is C17H15F3N2O2. The van der Waals surface area contributed by atoms with Gasteiger partial charge in [0, 0.05) is 0 Å². The van der Waals surface area contributed by atoms with Crippen LogP contribution in [0.3, 0.4) is 0 Å². The van der Waals surface area contributed by atoms with Crippen LogP contribution in [0.5, 0.6) is 0 Å². The van der Waals surface area contributed by atoms with Gasteiger partial charge < -0.3 is 10.2 Å². The first-order valence-corrected chi connectivity index (χ1v) is 7.08. The molecule has 2 aromatic carbocycles. The quantitative estimate of drug-likeness (QED) is 0.513. The summed E-state index contributed by atoms with van der Waals surface area (Å²) in [7, 11) is 0. The van der Waals surface area contributed by atoms with Gasteiger partial charge in [-0.15, -0.1) is 0 Å². The molecule has 0 spiro atoms. The third-order valence-electron chi connectivity index (χ3n) is 3.16. The number of oxime groups is 1. The van der Waals surface area contributed by atoms with Gasteiger partial charge in [0.2, 0.25) is 6.10 Å². The van der Waals surface area contributed by atoms with E-state index in [9.17, 15) is 18.0 Å². The summed E-state index contributed by atoms with van der Waals surface area (Å²) in [5.74, 6) is -5.21. The smallest absolute Gasteiger partial charge is 0.268 e. The summed E-state index contributed by atoms with van der Waals surface area (Å²) in [6.45, 7) is 3.33. The molecule has 24 heavy (non-hydrogen) atoms. The second-order valence-electron chi connectivity index (χ2n) is 5.10. The number of rotatable bonds is 5. The summed E-state index contributed by atoms with van der Waals surface area (Å²) in [4.78, 5) is 16.8. The van der Waals surface area contributed by atoms with Gasteiger partial charge in [-0.25, -0.2) is 13.2 Å². The lowest BCUT2D eigenvalue weighted by Crippen LogP contribution is -2.27. The first kappa shape index (κ1) is 17.5. The number of nitrogens with one attached hydrogen (secondary N) is 1. The molecule has 0 aliphatic heterocycles. The molecule has 4 nitrogen and oxygen atoms in total. The van der Waals surface area contributed by atoms with Crippen LogP contribution in [-0.4, -0.2) is 18.2 Å². The van der Waals surface area contributed by atoms with Crippen LogP contribution in [0.15, 0.2) is 41.6 Å². The predicted octanol–water partition coefficient (Wildman–Crippen LogP) is 3.79. The van der Waals surface area contributed by atoms with Crippen molar-refractivity contribution in [2.45, 2.75) is 20.0 Å². The third kappa shape index (κ3) is 4.34. The van der Waals surface area contributed by atoms with E-state index in [2.05, 4.69) is 10.5 Å². The summed E-state index contributed by atoms with van der Waals surface area (Å²) in [5.41, 5.74) is 1.39. The molecule has 7 heteroatoms. The number of carbonyl (C=O) groups is 1. The standard InChI is InChI=1S/C17H15F3N2O2/c1-10-3-5-12(6-4-10)9-21-24-11(2)17(23)22-14-8-7-13(18)15(19)16(14)20/h3-9,11H,1-2H3,(H,22,23)/b21-9-/t11-/m0/s1. The van der Waals surface area contributed by atoms with E-state index in [0.29, 0.717) is 0 Å². The van der Waals surface area contributed by atoms with Crippen LogP contribution in [0, 0.1) is 24.4 Å². The molecule has 1 N–H and O–H groups in total. The number of anilines is 1. The molecule has 0 heterocycles. The summed E-state index contributed by atoms with van der Waals surface area (Å²) < 4.78 is 39.4. The van der Waals surface area contributed by atoms with E-state index in [1.54, 1.807) is 0 Å². The molecule has 0 fully saturated rings. The molecule has 2 aromatic rings. The molecule has 0 unspecified atom stereocenters. The van der Waals surface area contributed by atoms with E-state index >= 15 is 0 Å². The van der Waals surface area contributed by atoms with Crippen LogP contribution in [0.2, 0.25) is 0 Å². The lowest BCUT2D eigenvalue weighted by molar-refractivity contribution is -0.126. The fraction of sp³-hybridized carbons (Fsp3) is 0.176. The number of halogens is 3. The zero-order valence-electron chi connectivity index (χ0n) is 13.0. The van der Waals surface area contributed by atoms with Crippen LogP contribution in [0.4, 0.5) is 18.9 Å². The van der Waals surface area contributed by atoms with Gasteiger partial charge in [0.25, 0.3) is 5.91 Å². The van der Waals surface area contributed by atoms with Gasteiger partial charge in [0.1, 0.15) is 0 Å². The van der Waals surface area contributed by atoms with Crippen molar-refractivity contribution in [1.82, 2.24) is 0 Å². The van der Waals surface area contributed by atoms with E-state index in [1.807, 2.05) is 31.2 Å². The minimum atomic E-state index is -1.65. The van der Waals surface area contributed by atoms with Crippen molar-refractivity contribution in [3.63, 3.8) is 0 Å². The lowest BCUT2D eigenvalue weighted by atomic mass is 10.2. The Balaban J connectivity index is 1.95. The molecule has 1 atom stereocenters. The summed E-state index contributed by atoms with van der Waals surface area (Å²) >= 11 is 0. The van der Waals surface area contributed by atoms with Crippen molar-refractivity contribution < 1.29 is 22.8 Å². The van der Waals surface area contributed by atoms with Crippen LogP contribution >= 0.6 is 0 Å². The Labute approximate surface area is 136 Å². The average Bonchev–Trinajstić information content (AvgIpc) is 2.57. The Kier molecular flexibility index (Phi) is 5.57. The Bertz CT molecular complexity index is 761. The van der Waals surface area contributed by atoms with E-state index in [-0.39, 0.29) is 0 Å². The molecule has 0 aromatic heterocycles. The highest BCUT2D eigenvalue weighted by Crippen LogP contribution is 2.19. The Hall–Kier alpha value is -2.83. The van der Waals surface area contributed by atoms with E-state index in [1.165, 1.54) is 13.1 Å². The minimum absolute atomic E-state index is 0.475. The monoisotopic (exact) mass is 336 g/mol. The largest absolute Gasteiger partial charge is 0.383 e. The molecule has 0 aliphatic carbocycles. The molecule has 126 valence electrons. The highest BCUT2D eigenvalue weighted by atomic mass is 19.2. The SMILES string of the molecule is Cc1ccc(/C=N\O[C@@H](C)C(=O)Nc2ccc(F)c(F)c2F)cc1. The number of carbonyl (C=O) groups excluding carboxylic acids is 1. The second-order valence-corrected chi connectivity index (χ2v) is 5.10. The van der Waals surface area contributed by atoms with Crippen LogP contribution in [0.1, 0.15) is 18.1 Å². The number of hydrogen-bond donors (Lipinski definition) is 1. The van der Waals surface area contributed by atoms with E-state index in [0.717, 1.165) is 23.3 Å². The van der Waals surface area contributed by atoms with Gasteiger partial charge in [0.15, 0.2) is 17.5 Å². The zero-order valence-corrected chi connectivity index (χ0v) is 13.0. The lowest BCUT2D eigenvalue weighted by Gasteiger charge is -2.11. The molecule has 0 radical (unpaired) electrons. The fourth-order valence-electron chi connectivity index (χ4n) is 1.74. The van der Waals surface area contributed by atoms with Crippen molar-refractivity contribution in [2.24, 2.45) is 5.16 Å². The Morgan fingerprint density at radius 1 is 1.12 bits per heavy atom. The number of amides is 1. The Morgan fingerprint density at radius 2 is 1.79 bits per heavy atom. The molecule has 0 aliphatic rings. The van der Waals surface area contributed by atoms with Crippen molar-refractivity contribution in [1.29, 1.82) is 0 Å². The fourth-order valence-corrected chi connectivity index (χ4v) is 1.74. The molecule has 0 saturated heterocycles. The van der Waals surface area contributed by atoms with Crippen LogP contribution in [0.25, 0.3) is 0 Å². The summed E-state index contributed by atoms with van der Waals surface area (Å²) in [5, 5.41) is 5.79. The zero-order chi connectivity index (χ0) is 17.7. The third-order valence-corrected chi connectivity index (χ3v) is 3.16. The van der Waals surface area contributed by atoms with E-state index in [4.69, 9.17) is 4.84 Å². The topological polar surface area (TPSA) is 50.7 Å². The van der Waals surface area contributed by atoms with Crippen molar-refractivity contribution in [2.75, 3.05) is 5.32 Å².